The Morgan fingerprint density at radius 2 is 2.06 bits per heavy atom. The lowest BCUT2D eigenvalue weighted by Gasteiger charge is -2.07. The van der Waals surface area contributed by atoms with E-state index >= 15 is 0 Å². The van der Waals surface area contributed by atoms with Gasteiger partial charge in [-0.1, -0.05) is 18.2 Å². The third-order valence-electron chi connectivity index (χ3n) is 2.41. The molecule has 0 aliphatic carbocycles. The molecular formula is C14H16N2O. The summed E-state index contributed by atoms with van der Waals surface area (Å²) in [5, 5.41) is 3.12. The summed E-state index contributed by atoms with van der Waals surface area (Å²) in [7, 11) is 1.93. The van der Waals surface area contributed by atoms with E-state index < -0.39 is 0 Å². The standard InChI is InChI=1S/C14H16N2O/c1-15-9-12-4-2-6-14(8-12)17-11-13-5-3-7-16-10-13/h2-8,10,15H,9,11H2,1H3. The van der Waals surface area contributed by atoms with E-state index in [1.165, 1.54) is 5.56 Å². The van der Waals surface area contributed by atoms with E-state index in [0.717, 1.165) is 17.9 Å². The average Bonchev–Trinajstić information content (AvgIpc) is 2.39. The van der Waals surface area contributed by atoms with Crippen LogP contribution >= 0.6 is 0 Å². The van der Waals surface area contributed by atoms with Gasteiger partial charge in [-0.3, -0.25) is 4.98 Å². The van der Waals surface area contributed by atoms with Crippen LogP contribution in [0.15, 0.2) is 48.8 Å². The summed E-state index contributed by atoms with van der Waals surface area (Å²) in [6.45, 7) is 1.40. The van der Waals surface area contributed by atoms with Crippen molar-refractivity contribution >= 4 is 0 Å². The Morgan fingerprint density at radius 1 is 1.18 bits per heavy atom. The third-order valence-corrected chi connectivity index (χ3v) is 2.41. The molecule has 1 N–H and O–H groups in total. The van der Waals surface area contributed by atoms with Crippen molar-refractivity contribution in [3.63, 3.8) is 0 Å². The first-order valence-corrected chi connectivity index (χ1v) is 5.64. The van der Waals surface area contributed by atoms with E-state index in [1.54, 1.807) is 6.20 Å². The second kappa shape index (κ2) is 6.01. The van der Waals surface area contributed by atoms with E-state index in [4.69, 9.17) is 4.74 Å². The normalized spacial score (nSPS) is 10.2. The first-order valence-electron chi connectivity index (χ1n) is 5.64. The lowest BCUT2D eigenvalue weighted by Crippen LogP contribution is -2.05. The second-order valence-corrected chi connectivity index (χ2v) is 3.83. The number of benzene rings is 1. The van der Waals surface area contributed by atoms with Gasteiger partial charge in [-0.2, -0.15) is 0 Å². The van der Waals surface area contributed by atoms with Crippen LogP contribution in [0.1, 0.15) is 11.1 Å². The van der Waals surface area contributed by atoms with E-state index in [0.29, 0.717) is 6.61 Å². The van der Waals surface area contributed by atoms with Gasteiger partial charge in [0, 0.05) is 24.5 Å². The predicted octanol–water partition coefficient (Wildman–Crippen LogP) is 2.38. The van der Waals surface area contributed by atoms with Crippen molar-refractivity contribution in [1.29, 1.82) is 0 Å². The van der Waals surface area contributed by atoms with E-state index in [-0.39, 0.29) is 0 Å². The van der Waals surface area contributed by atoms with Crippen LogP contribution in [0.3, 0.4) is 0 Å². The molecule has 0 saturated heterocycles. The van der Waals surface area contributed by atoms with Gasteiger partial charge in [0.15, 0.2) is 0 Å². The van der Waals surface area contributed by atoms with Gasteiger partial charge in [-0.05, 0) is 30.8 Å². The summed E-state index contributed by atoms with van der Waals surface area (Å²) in [4.78, 5) is 4.05. The lowest BCUT2D eigenvalue weighted by molar-refractivity contribution is 0.305. The molecule has 2 aromatic rings. The van der Waals surface area contributed by atoms with Crippen molar-refractivity contribution in [1.82, 2.24) is 10.3 Å². The number of pyridine rings is 1. The number of rotatable bonds is 5. The molecule has 0 spiro atoms. The molecule has 3 nitrogen and oxygen atoms in total. The molecule has 1 aromatic carbocycles. The summed E-state index contributed by atoms with van der Waals surface area (Å²) in [5.41, 5.74) is 2.29. The largest absolute Gasteiger partial charge is 0.489 e. The molecule has 3 heteroatoms. The smallest absolute Gasteiger partial charge is 0.120 e. The Hall–Kier alpha value is -1.87. The Morgan fingerprint density at radius 3 is 2.82 bits per heavy atom. The number of ether oxygens (including phenoxy) is 1. The minimum atomic E-state index is 0.552. The number of hydrogen-bond donors (Lipinski definition) is 1. The Kier molecular flexibility index (Phi) is 4.11. The molecule has 0 fully saturated rings. The van der Waals surface area contributed by atoms with Crippen LogP contribution < -0.4 is 10.1 Å². The Bertz CT molecular complexity index is 457. The van der Waals surface area contributed by atoms with Crippen molar-refractivity contribution in [2.24, 2.45) is 0 Å². The zero-order valence-electron chi connectivity index (χ0n) is 9.89. The van der Waals surface area contributed by atoms with Gasteiger partial charge in [-0.25, -0.2) is 0 Å². The maximum Gasteiger partial charge on any atom is 0.120 e. The van der Waals surface area contributed by atoms with Gasteiger partial charge in [0.05, 0.1) is 0 Å². The van der Waals surface area contributed by atoms with Crippen LogP contribution in [-0.2, 0) is 13.2 Å². The first-order chi connectivity index (χ1) is 8.38. The SMILES string of the molecule is CNCc1cccc(OCc2cccnc2)c1. The Balaban J connectivity index is 1.97. The quantitative estimate of drug-likeness (QED) is 0.853. The summed E-state index contributed by atoms with van der Waals surface area (Å²) < 4.78 is 5.71. The maximum absolute atomic E-state index is 5.71. The Labute approximate surface area is 101 Å². The molecule has 0 bridgehead atoms. The number of hydrogen-bond acceptors (Lipinski definition) is 3. The molecule has 0 radical (unpaired) electrons. The van der Waals surface area contributed by atoms with Crippen LogP contribution in [0.5, 0.6) is 5.75 Å². The molecule has 2 rings (SSSR count). The van der Waals surface area contributed by atoms with Gasteiger partial charge in [0.25, 0.3) is 0 Å². The lowest BCUT2D eigenvalue weighted by atomic mass is 10.2. The molecule has 1 heterocycles. The molecule has 0 aliphatic rings. The first kappa shape index (κ1) is 11.6. The predicted molar refractivity (Wildman–Crippen MR) is 67.8 cm³/mol. The van der Waals surface area contributed by atoms with E-state index in [9.17, 15) is 0 Å². The maximum atomic E-state index is 5.71. The molecule has 0 aliphatic heterocycles. The molecule has 88 valence electrons. The van der Waals surface area contributed by atoms with E-state index in [2.05, 4.69) is 16.4 Å². The number of nitrogens with one attached hydrogen (secondary N) is 1. The van der Waals surface area contributed by atoms with Gasteiger partial charge in [0.2, 0.25) is 0 Å². The summed E-state index contributed by atoms with van der Waals surface area (Å²) >= 11 is 0. The van der Waals surface area contributed by atoms with Crippen LogP contribution in [-0.4, -0.2) is 12.0 Å². The van der Waals surface area contributed by atoms with Crippen LogP contribution in [0, 0.1) is 0 Å². The van der Waals surface area contributed by atoms with Crippen molar-refractivity contribution < 1.29 is 4.74 Å². The highest BCUT2D eigenvalue weighted by molar-refractivity contribution is 5.28. The topological polar surface area (TPSA) is 34.1 Å². The minimum Gasteiger partial charge on any atom is -0.489 e. The summed E-state index contributed by atoms with van der Waals surface area (Å²) in [6, 6.07) is 12.0. The van der Waals surface area contributed by atoms with Crippen LogP contribution in [0.25, 0.3) is 0 Å². The van der Waals surface area contributed by atoms with Crippen molar-refractivity contribution in [3.8, 4) is 5.75 Å². The molecule has 0 atom stereocenters. The van der Waals surface area contributed by atoms with Gasteiger partial charge < -0.3 is 10.1 Å². The average molecular weight is 228 g/mol. The third kappa shape index (κ3) is 3.57. The molecule has 0 amide bonds. The van der Waals surface area contributed by atoms with Crippen molar-refractivity contribution in [3.05, 3.63) is 59.9 Å². The molecule has 17 heavy (non-hydrogen) atoms. The number of aromatic nitrogens is 1. The zero-order valence-corrected chi connectivity index (χ0v) is 9.89. The zero-order chi connectivity index (χ0) is 11.9. The highest BCUT2D eigenvalue weighted by Crippen LogP contribution is 2.14. The fourth-order valence-electron chi connectivity index (χ4n) is 1.60. The van der Waals surface area contributed by atoms with Crippen molar-refractivity contribution in [2.75, 3.05) is 7.05 Å². The molecular weight excluding hydrogens is 212 g/mol. The van der Waals surface area contributed by atoms with Crippen molar-refractivity contribution in [2.45, 2.75) is 13.2 Å². The summed E-state index contributed by atoms with van der Waals surface area (Å²) in [6.07, 6.45) is 3.58. The van der Waals surface area contributed by atoms with Gasteiger partial charge in [0.1, 0.15) is 12.4 Å². The fraction of sp³-hybridized carbons (Fsp3) is 0.214. The molecule has 0 saturated carbocycles. The second-order valence-electron chi connectivity index (χ2n) is 3.83. The minimum absolute atomic E-state index is 0.552. The monoisotopic (exact) mass is 228 g/mol. The fourth-order valence-corrected chi connectivity index (χ4v) is 1.60. The molecule has 1 aromatic heterocycles. The van der Waals surface area contributed by atoms with Crippen LogP contribution in [0.4, 0.5) is 0 Å². The summed E-state index contributed by atoms with van der Waals surface area (Å²) in [5.74, 6) is 0.890. The highest BCUT2D eigenvalue weighted by atomic mass is 16.5. The van der Waals surface area contributed by atoms with Gasteiger partial charge in [-0.15, -0.1) is 0 Å². The van der Waals surface area contributed by atoms with E-state index in [1.807, 2.05) is 43.6 Å². The van der Waals surface area contributed by atoms with Gasteiger partial charge >= 0.3 is 0 Å². The highest BCUT2D eigenvalue weighted by Gasteiger charge is 1.97. The van der Waals surface area contributed by atoms with Crippen LogP contribution in [0.2, 0.25) is 0 Å². The molecule has 0 unspecified atom stereocenters. The number of nitrogens with zero attached hydrogens (tertiary/aromatic N) is 1.